The molecule has 2 heteroatoms. The van der Waals surface area contributed by atoms with Crippen molar-refractivity contribution >= 4 is 0 Å². The van der Waals surface area contributed by atoms with E-state index < -0.39 is 0 Å². The molecule has 0 atom stereocenters. The molecule has 0 saturated heterocycles. The number of rotatable bonds is 8. The van der Waals surface area contributed by atoms with Crippen molar-refractivity contribution in [3.05, 3.63) is 0 Å². The molecule has 1 rings (SSSR count). The Bertz CT molecular complexity index is 141. The number of nitrogens with zero attached hydrogens (tertiary/aromatic N) is 1. The fraction of sp³-hybridized carbons (Fsp3) is 1.00. The number of nitrogens with one attached hydrogen (secondary N) is 1. The molecule has 0 aromatic carbocycles. The predicted octanol–water partition coefficient (Wildman–Crippen LogP) is 2.25. The van der Waals surface area contributed by atoms with Crippen molar-refractivity contribution in [3.8, 4) is 0 Å². The van der Waals surface area contributed by atoms with E-state index in [9.17, 15) is 0 Å². The zero-order chi connectivity index (χ0) is 10.4. The van der Waals surface area contributed by atoms with Crippen LogP contribution in [0, 0.1) is 0 Å². The Balaban J connectivity index is 2.01. The van der Waals surface area contributed by atoms with Crippen molar-refractivity contribution in [1.29, 1.82) is 0 Å². The third-order valence-corrected chi connectivity index (χ3v) is 2.75. The van der Waals surface area contributed by atoms with Crippen molar-refractivity contribution in [2.24, 2.45) is 0 Å². The summed E-state index contributed by atoms with van der Waals surface area (Å²) in [6.07, 6.45) is 5.48. The van der Waals surface area contributed by atoms with E-state index in [-0.39, 0.29) is 0 Å². The van der Waals surface area contributed by atoms with Gasteiger partial charge in [-0.05, 0) is 45.3 Å². The van der Waals surface area contributed by atoms with Gasteiger partial charge < -0.3 is 10.2 Å². The maximum atomic E-state index is 3.48. The average molecular weight is 198 g/mol. The minimum absolute atomic E-state index is 0.635. The summed E-state index contributed by atoms with van der Waals surface area (Å²) >= 11 is 0. The van der Waals surface area contributed by atoms with Gasteiger partial charge in [0.2, 0.25) is 0 Å². The molecule has 1 aliphatic carbocycles. The van der Waals surface area contributed by atoms with Gasteiger partial charge in [-0.3, -0.25) is 0 Å². The Kier molecular flexibility index (Phi) is 5.49. The lowest BCUT2D eigenvalue weighted by molar-refractivity contribution is 0.258. The van der Waals surface area contributed by atoms with E-state index in [4.69, 9.17) is 0 Å². The molecular formula is C12H26N2. The van der Waals surface area contributed by atoms with Crippen LogP contribution in [0.2, 0.25) is 0 Å². The van der Waals surface area contributed by atoms with Gasteiger partial charge in [-0.1, -0.05) is 20.8 Å². The highest BCUT2D eigenvalue weighted by Gasteiger charge is 2.27. The van der Waals surface area contributed by atoms with Gasteiger partial charge >= 0.3 is 0 Å². The van der Waals surface area contributed by atoms with Crippen LogP contribution in [0.5, 0.6) is 0 Å². The summed E-state index contributed by atoms with van der Waals surface area (Å²) in [6, 6.07) is 1.57. The van der Waals surface area contributed by atoms with Crippen LogP contribution >= 0.6 is 0 Å². The molecule has 0 heterocycles. The van der Waals surface area contributed by atoms with Gasteiger partial charge in [0.05, 0.1) is 0 Å². The van der Waals surface area contributed by atoms with Crippen molar-refractivity contribution in [2.45, 2.75) is 58.5 Å². The lowest BCUT2D eigenvalue weighted by Gasteiger charge is -2.21. The lowest BCUT2D eigenvalue weighted by Crippen LogP contribution is -2.31. The van der Waals surface area contributed by atoms with Gasteiger partial charge in [-0.2, -0.15) is 0 Å². The molecule has 0 spiro atoms. The van der Waals surface area contributed by atoms with Crippen molar-refractivity contribution < 1.29 is 0 Å². The van der Waals surface area contributed by atoms with Crippen LogP contribution in [0.15, 0.2) is 0 Å². The quantitative estimate of drug-likeness (QED) is 0.602. The second kappa shape index (κ2) is 6.41. The summed E-state index contributed by atoms with van der Waals surface area (Å²) in [5.74, 6) is 0. The van der Waals surface area contributed by atoms with Crippen molar-refractivity contribution in [2.75, 3.05) is 19.6 Å². The molecule has 0 aliphatic heterocycles. The average Bonchev–Trinajstić information content (AvgIpc) is 2.93. The second-order valence-corrected chi connectivity index (χ2v) is 4.73. The van der Waals surface area contributed by atoms with E-state index >= 15 is 0 Å². The van der Waals surface area contributed by atoms with E-state index in [0.29, 0.717) is 6.04 Å². The Morgan fingerprint density at radius 1 is 1.29 bits per heavy atom. The van der Waals surface area contributed by atoms with Gasteiger partial charge in [0.1, 0.15) is 0 Å². The molecule has 0 aromatic rings. The molecule has 0 unspecified atom stereocenters. The van der Waals surface area contributed by atoms with Gasteiger partial charge in [0.25, 0.3) is 0 Å². The topological polar surface area (TPSA) is 15.3 Å². The molecular weight excluding hydrogens is 172 g/mol. The Morgan fingerprint density at radius 2 is 2.00 bits per heavy atom. The summed E-state index contributed by atoms with van der Waals surface area (Å²) in [7, 11) is 0. The highest BCUT2D eigenvalue weighted by atomic mass is 15.2. The molecule has 14 heavy (non-hydrogen) atoms. The number of hydrogen-bond acceptors (Lipinski definition) is 2. The molecule has 1 N–H and O–H groups in total. The summed E-state index contributed by atoms with van der Waals surface area (Å²) in [4.78, 5) is 2.67. The van der Waals surface area contributed by atoms with E-state index in [1.165, 1.54) is 45.3 Å². The van der Waals surface area contributed by atoms with E-state index in [1.54, 1.807) is 0 Å². The first-order valence-corrected chi connectivity index (χ1v) is 6.21. The monoisotopic (exact) mass is 198 g/mol. The fourth-order valence-corrected chi connectivity index (χ4v) is 1.88. The molecule has 1 saturated carbocycles. The second-order valence-electron chi connectivity index (χ2n) is 4.73. The van der Waals surface area contributed by atoms with Crippen molar-refractivity contribution in [3.63, 3.8) is 0 Å². The van der Waals surface area contributed by atoms with Crippen LogP contribution in [0.4, 0.5) is 0 Å². The maximum Gasteiger partial charge on any atom is 0.00964 e. The molecule has 1 fully saturated rings. The molecule has 0 bridgehead atoms. The van der Waals surface area contributed by atoms with Crippen LogP contribution in [-0.4, -0.2) is 36.6 Å². The predicted molar refractivity (Wildman–Crippen MR) is 62.6 cm³/mol. The zero-order valence-electron chi connectivity index (χ0n) is 10.1. The Labute approximate surface area is 89.1 Å². The molecule has 2 nitrogen and oxygen atoms in total. The normalized spacial score (nSPS) is 16.9. The van der Waals surface area contributed by atoms with Crippen LogP contribution in [-0.2, 0) is 0 Å². The first-order chi connectivity index (χ1) is 6.74. The third-order valence-electron chi connectivity index (χ3n) is 2.75. The fourth-order valence-electron chi connectivity index (χ4n) is 1.88. The highest BCUT2D eigenvalue weighted by molar-refractivity contribution is 4.84. The Hall–Kier alpha value is -0.0800. The Morgan fingerprint density at radius 3 is 2.50 bits per heavy atom. The zero-order valence-corrected chi connectivity index (χ0v) is 10.1. The SMILES string of the molecule is CCCN(CCCNC(C)C)C1CC1. The van der Waals surface area contributed by atoms with Gasteiger partial charge in [-0.25, -0.2) is 0 Å². The van der Waals surface area contributed by atoms with Crippen molar-refractivity contribution in [1.82, 2.24) is 10.2 Å². The van der Waals surface area contributed by atoms with E-state index in [1.807, 2.05) is 0 Å². The maximum absolute atomic E-state index is 3.48. The summed E-state index contributed by atoms with van der Waals surface area (Å²) in [5.41, 5.74) is 0. The number of hydrogen-bond donors (Lipinski definition) is 1. The van der Waals surface area contributed by atoms with Crippen LogP contribution in [0.3, 0.4) is 0 Å². The summed E-state index contributed by atoms with van der Waals surface area (Å²) in [5, 5.41) is 3.48. The first-order valence-electron chi connectivity index (χ1n) is 6.21. The first kappa shape index (κ1) is 12.0. The van der Waals surface area contributed by atoms with E-state index in [0.717, 1.165) is 6.04 Å². The summed E-state index contributed by atoms with van der Waals surface area (Å²) < 4.78 is 0. The molecule has 0 amide bonds. The molecule has 1 aliphatic rings. The van der Waals surface area contributed by atoms with Gasteiger partial charge in [-0.15, -0.1) is 0 Å². The minimum Gasteiger partial charge on any atom is -0.314 e. The molecule has 84 valence electrons. The van der Waals surface area contributed by atoms with Crippen LogP contribution in [0.1, 0.15) is 46.5 Å². The van der Waals surface area contributed by atoms with Gasteiger partial charge in [0.15, 0.2) is 0 Å². The summed E-state index contributed by atoms with van der Waals surface area (Å²) in [6.45, 7) is 10.5. The smallest absolute Gasteiger partial charge is 0.00964 e. The van der Waals surface area contributed by atoms with Crippen LogP contribution < -0.4 is 5.32 Å². The van der Waals surface area contributed by atoms with E-state index in [2.05, 4.69) is 31.0 Å². The largest absolute Gasteiger partial charge is 0.314 e. The van der Waals surface area contributed by atoms with Crippen LogP contribution in [0.25, 0.3) is 0 Å². The highest BCUT2D eigenvalue weighted by Crippen LogP contribution is 2.26. The lowest BCUT2D eigenvalue weighted by atomic mass is 10.3. The molecule has 0 aromatic heterocycles. The minimum atomic E-state index is 0.635. The molecule has 0 radical (unpaired) electrons. The van der Waals surface area contributed by atoms with Gasteiger partial charge in [0, 0.05) is 12.1 Å². The third kappa shape index (κ3) is 4.97. The standard InChI is InChI=1S/C12H26N2/c1-4-9-14(12-6-7-12)10-5-8-13-11(2)3/h11-13H,4-10H2,1-3H3.